The van der Waals surface area contributed by atoms with Gasteiger partial charge in [0.2, 0.25) is 0 Å². The molecule has 0 aromatic carbocycles. The molecule has 0 saturated heterocycles. The van der Waals surface area contributed by atoms with Gasteiger partial charge in [0, 0.05) is 0 Å². The first-order valence-electron chi connectivity index (χ1n) is 1.07. The maximum atomic E-state index is 8.00. The van der Waals surface area contributed by atoms with Crippen molar-refractivity contribution in [3.05, 3.63) is 10.1 Å². The average Bonchev–Trinajstić information content (AvgIpc) is 1.46. The van der Waals surface area contributed by atoms with Crippen molar-refractivity contribution >= 4 is 35.8 Å². The molecule has 0 bridgehead atoms. The van der Waals surface area contributed by atoms with Gasteiger partial charge in [-0.25, -0.2) is 0 Å². The van der Waals surface area contributed by atoms with Crippen molar-refractivity contribution in [2.45, 2.75) is 3.02 Å². The van der Waals surface area contributed by atoms with E-state index in [1.165, 1.54) is 35.8 Å². The van der Waals surface area contributed by atoms with Crippen LogP contribution in [0.4, 0.5) is 0 Å². The summed E-state index contributed by atoms with van der Waals surface area (Å²) in [7, 11) is 0. The summed E-state index contributed by atoms with van der Waals surface area (Å²) in [6.45, 7) is 0. The SMILES string of the molecule is O=N[O-].[CH3][Ca+]. The number of hydrogen-bond acceptors (Lipinski definition) is 3. The third kappa shape index (κ3) is 75.7. The molecular formula is CH3CaNO2. The van der Waals surface area contributed by atoms with Crippen LogP contribution < -0.4 is 0 Å². The molecule has 0 aliphatic carbocycles. The van der Waals surface area contributed by atoms with Gasteiger partial charge in [-0.3, -0.25) is 0 Å². The summed E-state index contributed by atoms with van der Waals surface area (Å²) in [5, 5.41) is 9.00. The summed E-state index contributed by atoms with van der Waals surface area (Å²) in [5.74, 6) is 0. The fraction of sp³-hybridized carbons (Fsp3) is 1.00. The van der Waals surface area contributed by atoms with Crippen LogP contribution in [0.1, 0.15) is 0 Å². The van der Waals surface area contributed by atoms with Crippen LogP contribution in [-0.4, -0.2) is 35.8 Å². The molecule has 3 nitrogen and oxygen atoms in total. The molecule has 0 aromatic rings. The quantitative estimate of drug-likeness (QED) is 0.253. The van der Waals surface area contributed by atoms with Crippen molar-refractivity contribution in [1.82, 2.24) is 0 Å². The number of rotatable bonds is 0. The van der Waals surface area contributed by atoms with E-state index in [4.69, 9.17) is 10.1 Å². The molecule has 26 valence electrons. The molecule has 0 aromatic heterocycles. The molecule has 0 atom stereocenters. The Kier molecular flexibility index (Phi) is 41.6. The molecule has 0 radical (unpaired) electrons. The van der Waals surface area contributed by atoms with Crippen molar-refractivity contribution in [3.8, 4) is 0 Å². The van der Waals surface area contributed by atoms with Gasteiger partial charge in [0.05, 0.1) is 0 Å². The van der Waals surface area contributed by atoms with E-state index >= 15 is 0 Å². The zero-order valence-electron chi connectivity index (χ0n) is 2.97. The fourth-order valence-corrected chi connectivity index (χ4v) is 0. The maximum absolute atomic E-state index is 8.00. The molecule has 0 spiro atoms. The second kappa shape index (κ2) is 22.7. The van der Waals surface area contributed by atoms with Crippen LogP contribution in [0.2, 0.25) is 3.02 Å². The predicted octanol–water partition coefficient (Wildman–Crippen LogP) is 0.454. The summed E-state index contributed by atoms with van der Waals surface area (Å²) in [6.07, 6.45) is 0. The normalized spacial score (nSPS) is 3.80. The van der Waals surface area contributed by atoms with E-state index in [2.05, 4.69) is 3.02 Å². The Morgan fingerprint density at radius 2 is 1.80 bits per heavy atom. The van der Waals surface area contributed by atoms with Gasteiger partial charge in [-0.05, 0) is 0 Å². The van der Waals surface area contributed by atoms with E-state index in [1.54, 1.807) is 0 Å². The van der Waals surface area contributed by atoms with Crippen molar-refractivity contribution in [2.75, 3.05) is 0 Å². The van der Waals surface area contributed by atoms with Crippen LogP contribution in [-0.2, 0) is 0 Å². The monoisotopic (exact) mass is 101 g/mol. The zero-order chi connectivity index (χ0) is 4.71. The molecule has 4 heteroatoms. The third-order valence-corrected chi connectivity index (χ3v) is 0. The van der Waals surface area contributed by atoms with Gasteiger partial charge < -0.3 is 10.1 Å². The predicted molar refractivity (Wildman–Crippen MR) is 20.8 cm³/mol. The fourth-order valence-electron chi connectivity index (χ4n) is 0. The first kappa shape index (κ1) is 9.18. The molecule has 0 aliphatic heterocycles. The first-order chi connectivity index (χ1) is 2.41. The van der Waals surface area contributed by atoms with E-state index in [1.807, 2.05) is 0 Å². The van der Waals surface area contributed by atoms with Crippen LogP contribution >= 0.6 is 0 Å². The third-order valence-electron chi connectivity index (χ3n) is 0. The van der Waals surface area contributed by atoms with E-state index in [-0.39, 0.29) is 0 Å². The van der Waals surface area contributed by atoms with Gasteiger partial charge in [-0.2, -0.15) is 0 Å². The Bertz CT molecular complexity index is 17.1. The second-order valence-electron chi connectivity index (χ2n) is 0.0745. The summed E-state index contributed by atoms with van der Waals surface area (Å²) in [6, 6.07) is 0. The first-order valence-corrected chi connectivity index (χ1v) is 3.28. The van der Waals surface area contributed by atoms with Gasteiger partial charge >= 0.3 is 38.8 Å². The molecule has 0 fully saturated rings. The van der Waals surface area contributed by atoms with Gasteiger partial charge in [-0.15, -0.1) is 5.34 Å². The van der Waals surface area contributed by atoms with Crippen molar-refractivity contribution in [3.63, 3.8) is 0 Å². The molecule has 0 aliphatic rings. The Morgan fingerprint density at radius 1 is 1.80 bits per heavy atom. The van der Waals surface area contributed by atoms with Gasteiger partial charge in [0.15, 0.2) is 0 Å². The van der Waals surface area contributed by atoms with E-state index in [0.717, 1.165) is 5.34 Å². The van der Waals surface area contributed by atoms with Crippen molar-refractivity contribution < 1.29 is 0 Å². The van der Waals surface area contributed by atoms with Crippen LogP contribution in [0.3, 0.4) is 0 Å². The Balaban J connectivity index is 0. The van der Waals surface area contributed by atoms with Crippen LogP contribution in [0.5, 0.6) is 0 Å². The molecule has 0 heterocycles. The van der Waals surface area contributed by atoms with Crippen LogP contribution in [0, 0.1) is 10.1 Å². The Morgan fingerprint density at radius 3 is 1.80 bits per heavy atom. The number of nitrogens with zero attached hydrogens (tertiary/aromatic N) is 1. The molecular weight excluding hydrogens is 98.1 g/mol. The summed E-state index contributed by atoms with van der Waals surface area (Å²) in [5.41, 5.74) is 0. The van der Waals surface area contributed by atoms with Crippen LogP contribution in [0.15, 0.2) is 5.34 Å². The van der Waals surface area contributed by atoms with Gasteiger partial charge in [0.25, 0.3) is 0 Å². The second-order valence-corrected chi connectivity index (χ2v) is 0.0745. The minimum absolute atomic E-state index is 1.00. The number of hydrogen-bond donors (Lipinski definition) is 0. The molecule has 0 N–H and O–H groups in total. The van der Waals surface area contributed by atoms with Crippen molar-refractivity contribution in [1.29, 1.82) is 0 Å². The van der Waals surface area contributed by atoms with Gasteiger partial charge in [-0.1, -0.05) is 0 Å². The van der Waals surface area contributed by atoms with Crippen molar-refractivity contribution in [2.24, 2.45) is 5.34 Å². The standard InChI is InChI=1S/CH3.Ca.HNO2/c;;2-1-3/h1H3;;(H,2,3)/q;+1;/p-1. The van der Waals surface area contributed by atoms with E-state index in [0.29, 0.717) is 0 Å². The topological polar surface area (TPSA) is 52.5 Å². The van der Waals surface area contributed by atoms with E-state index < -0.39 is 0 Å². The summed E-state index contributed by atoms with van der Waals surface area (Å²) < 4.78 is 2.12. The van der Waals surface area contributed by atoms with Crippen LogP contribution in [0.25, 0.3) is 0 Å². The molecule has 0 saturated carbocycles. The minimum atomic E-state index is 1.00. The molecule has 0 amide bonds. The average molecular weight is 101 g/mol. The van der Waals surface area contributed by atoms with E-state index in [9.17, 15) is 0 Å². The summed E-state index contributed by atoms with van der Waals surface area (Å²) >= 11 is 1.38. The zero-order valence-corrected chi connectivity index (χ0v) is 5.18. The Labute approximate surface area is 53.9 Å². The van der Waals surface area contributed by atoms with Gasteiger partial charge in [0.1, 0.15) is 0 Å². The summed E-state index contributed by atoms with van der Waals surface area (Å²) in [4.78, 5) is 8.00. The molecule has 5 heavy (non-hydrogen) atoms. The Hall–Kier alpha value is 0.660. The molecule has 0 rings (SSSR count). The molecule has 0 unspecified atom stereocenters.